The summed E-state index contributed by atoms with van der Waals surface area (Å²) in [6, 6.07) is 2.55. The molecule has 2 unspecified atom stereocenters. The lowest BCUT2D eigenvalue weighted by atomic mass is 10.2. The molecule has 96 valence electrons. The van der Waals surface area contributed by atoms with Crippen molar-refractivity contribution in [3.8, 4) is 0 Å². The summed E-state index contributed by atoms with van der Waals surface area (Å²) >= 11 is 5.25. The molecular formula is C12H22N4S. The number of rotatable bonds is 5. The summed E-state index contributed by atoms with van der Waals surface area (Å²) < 4.78 is 1.92. The van der Waals surface area contributed by atoms with E-state index < -0.39 is 0 Å². The molecule has 0 saturated heterocycles. The second-order valence-electron chi connectivity index (χ2n) is 4.25. The van der Waals surface area contributed by atoms with Crippen LogP contribution in [0.3, 0.4) is 0 Å². The minimum absolute atomic E-state index is 0.131. The summed E-state index contributed by atoms with van der Waals surface area (Å²) in [6.45, 7) is 9.27. The van der Waals surface area contributed by atoms with E-state index in [4.69, 9.17) is 12.2 Å². The number of nitrogens with zero attached hydrogens (tertiary/aromatic N) is 2. The number of hydrogen-bond acceptors (Lipinski definition) is 2. The Morgan fingerprint density at radius 1 is 1.41 bits per heavy atom. The van der Waals surface area contributed by atoms with E-state index in [0.29, 0.717) is 11.2 Å². The first-order valence-corrected chi connectivity index (χ1v) is 6.58. The molecule has 1 heterocycles. The monoisotopic (exact) mass is 254 g/mol. The van der Waals surface area contributed by atoms with Gasteiger partial charge in [0.2, 0.25) is 0 Å². The third kappa shape index (κ3) is 4.34. The second-order valence-corrected chi connectivity index (χ2v) is 4.65. The summed E-state index contributed by atoms with van der Waals surface area (Å²) in [5.41, 5.74) is 1.01. The number of thiocarbonyl (C=S) groups is 1. The molecule has 0 radical (unpaired) electrons. The van der Waals surface area contributed by atoms with E-state index in [0.717, 1.165) is 18.7 Å². The van der Waals surface area contributed by atoms with Crippen LogP contribution in [0.4, 0.5) is 0 Å². The molecule has 0 aromatic carbocycles. The Morgan fingerprint density at radius 2 is 2.12 bits per heavy atom. The van der Waals surface area contributed by atoms with E-state index in [1.807, 2.05) is 16.9 Å². The number of nitrogens with one attached hydrogen (secondary N) is 2. The number of hydrogen-bond donors (Lipinski definition) is 2. The topological polar surface area (TPSA) is 41.9 Å². The van der Waals surface area contributed by atoms with Crippen molar-refractivity contribution in [3.05, 3.63) is 18.0 Å². The van der Waals surface area contributed by atoms with Crippen LogP contribution in [0, 0.1) is 0 Å². The summed E-state index contributed by atoms with van der Waals surface area (Å²) in [7, 11) is 0. The van der Waals surface area contributed by atoms with Gasteiger partial charge in [-0.05, 0) is 45.5 Å². The Morgan fingerprint density at radius 3 is 2.65 bits per heavy atom. The van der Waals surface area contributed by atoms with Gasteiger partial charge in [-0.15, -0.1) is 0 Å². The molecule has 0 aliphatic heterocycles. The van der Waals surface area contributed by atoms with Crippen molar-refractivity contribution in [2.24, 2.45) is 0 Å². The van der Waals surface area contributed by atoms with Gasteiger partial charge in [-0.3, -0.25) is 4.68 Å². The van der Waals surface area contributed by atoms with E-state index in [1.54, 1.807) is 0 Å². The molecule has 0 spiro atoms. The zero-order chi connectivity index (χ0) is 12.8. The van der Waals surface area contributed by atoms with Crippen LogP contribution < -0.4 is 10.6 Å². The Labute approximate surface area is 109 Å². The fourth-order valence-corrected chi connectivity index (χ4v) is 1.80. The van der Waals surface area contributed by atoms with E-state index >= 15 is 0 Å². The molecule has 0 saturated carbocycles. The van der Waals surface area contributed by atoms with Gasteiger partial charge >= 0.3 is 0 Å². The summed E-state index contributed by atoms with van der Waals surface area (Å²) in [5.74, 6) is 0. The number of aromatic nitrogens is 2. The molecule has 17 heavy (non-hydrogen) atoms. The van der Waals surface area contributed by atoms with Gasteiger partial charge in [0.05, 0.1) is 11.7 Å². The molecule has 0 fully saturated rings. The van der Waals surface area contributed by atoms with Gasteiger partial charge in [-0.1, -0.05) is 6.92 Å². The Kier molecular flexibility index (Phi) is 5.41. The first-order chi connectivity index (χ1) is 8.06. The highest BCUT2D eigenvalue weighted by Gasteiger charge is 2.10. The van der Waals surface area contributed by atoms with Gasteiger partial charge in [0.15, 0.2) is 5.11 Å². The maximum Gasteiger partial charge on any atom is 0.167 e. The van der Waals surface area contributed by atoms with Gasteiger partial charge in [-0.2, -0.15) is 5.10 Å². The van der Waals surface area contributed by atoms with Gasteiger partial charge in [0.1, 0.15) is 0 Å². The maximum absolute atomic E-state index is 5.25. The predicted molar refractivity (Wildman–Crippen MR) is 74.9 cm³/mol. The highest BCUT2D eigenvalue weighted by atomic mass is 32.1. The lowest BCUT2D eigenvalue weighted by Crippen LogP contribution is -2.41. The standard InChI is InChI=1S/C12H22N4S/c1-5-9(3)13-12(17)14-10(4)11-7-8-16(6-2)15-11/h7-10H,5-6H2,1-4H3,(H2,13,14,17). The van der Waals surface area contributed by atoms with Gasteiger partial charge in [0, 0.05) is 18.8 Å². The van der Waals surface area contributed by atoms with Crippen molar-refractivity contribution in [2.75, 3.05) is 0 Å². The van der Waals surface area contributed by atoms with Crippen LogP contribution in [-0.2, 0) is 6.54 Å². The molecule has 1 aromatic rings. The Balaban J connectivity index is 2.48. The highest BCUT2D eigenvalue weighted by Crippen LogP contribution is 2.08. The van der Waals surface area contributed by atoms with Crippen molar-refractivity contribution in [2.45, 2.75) is 52.7 Å². The normalized spacial score (nSPS) is 14.1. The molecule has 1 rings (SSSR count). The van der Waals surface area contributed by atoms with Gasteiger partial charge in [0.25, 0.3) is 0 Å². The molecular weight excluding hydrogens is 232 g/mol. The zero-order valence-corrected chi connectivity index (χ0v) is 11.8. The van der Waals surface area contributed by atoms with Crippen LogP contribution in [0.2, 0.25) is 0 Å². The van der Waals surface area contributed by atoms with Crippen molar-refractivity contribution in [1.82, 2.24) is 20.4 Å². The maximum atomic E-state index is 5.25. The van der Waals surface area contributed by atoms with Crippen LogP contribution in [0.25, 0.3) is 0 Å². The second kappa shape index (κ2) is 6.59. The molecule has 5 heteroatoms. The Hall–Kier alpha value is -1.10. The molecule has 2 N–H and O–H groups in total. The average Bonchev–Trinajstić information content (AvgIpc) is 2.77. The number of aryl methyl sites for hydroxylation is 1. The van der Waals surface area contributed by atoms with E-state index in [2.05, 4.69) is 43.4 Å². The van der Waals surface area contributed by atoms with Crippen molar-refractivity contribution in [1.29, 1.82) is 0 Å². The molecule has 0 amide bonds. The summed E-state index contributed by atoms with van der Waals surface area (Å²) in [5, 5.41) is 11.6. The third-order valence-corrected chi connectivity index (χ3v) is 3.00. The van der Waals surface area contributed by atoms with Crippen molar-refractivity contribution >= 4 is 17.3 Å². The minimum Gasteiger partial charge on any atom is -0.360 e. The Bertz CT molecular complexity index is 361. The average molecular weight is 254 g/mol. The zero-order valence-electron chi connectivity index (χ0n) is 11.0. The minimum atomic E-state index is 0.131. The van der Waals surface area contributed by atoms with E-state index in [1.165, 1.54) is 0 Å². The fourth-order valence-electron chi connectivity index (χ4n) is 1.42. The smallest absolute Gasteiger partial charge is 0.167 e. The fraction of sp³-hybridized carbons (Fsp3) is 0.667. The van der Waals surface area contributed by atoms with E-state index in [9.17, 15) is 0 Å². The molecule has 0 aliphatic rings. The largest absolute Gasteiger partial charge is 0.360 e. The lowest BCUT2D eigenvalue weighted by Gasteiger charge is -2.18. The van der Waals surface area contributed by atoms with Crippen molar-refractivity contribution in [3.63, 3.8) is 0 Å². The van der Waals surface area contributed by atoms with Crippen molar-refractivity contribution < 1.29 is 0 Å². The van der Waals surface area contributed by atoms with Crippen LogP contribution in [-0.4, -0.2) is 20.9 Å². The molecule has 4 nitrogen and oxygen atoms in total. The van der Waals surface area contributed by atoms with Crippen LogP contribution in [0.1, 0.15) is 45.9 Å². The molecule has 2 atom stereocenters. The first-order valence-electron chi connectivity index (χ1n) is 6.17. The third-order valence-electron chi connectivity index (χ3n) is 2.77. The van der Waals surface area contributed by atoms with Crippen LogP contribution >= 0.6 is 12.2 Å². The van der Waals surface area contributed by atoms with Crippen LogP contribution in [0.15, 0.2) is 12.3 Å². The van der Waals surface area contributed by atoms with Crippen LogP contribution in [0.5, 0.6) is 0 Å². The lowest BCUT2D eigenvalue weighted by molar-refractivity contribution is 0.591. The SMILES string of the molecule is CCC(C)NC(=S)NC(C)c1ccn(CC)n1. The molecule has 1 aromatic heterocycles. The summed E-state index contributed by atoms with van der Waals surface area (Å²) in [6.07, 6.45) is 3.04. The van der Waals surface area contributed by atoms with Gasteiger partial charge in [-0.25, -0.2) is 0 Å². The molecule has 0 bridgehead atoms. The summed E-state index contributed by atoms with van der Waals surface area (Å²) in [4.78, 5) is 0. The first kappa shape index (κ1) is 14.0. The predicted octanol–water partition coefficient (Wildman–Crippen LogP) is 2.23. The quantitative estimate of drug-likeness (QED) is 0.791. The molecule has 0 aliphatic carbocycles. The highest BCUT2D eigenvalue weighted by molar-refractivity contribution is 7.80. The van der Waals surface area contributed by atoms with E-state index in [-0.39, 0.29) is 6.04 Å². The van der Waals surface area contributed by atoms with Gasteiger partial charge < -0.3 is 10.6 Å².